The highest BCUT2D eigenvalue weighted by atomic mass is 16.7. The summed E-state index contributed by atoms with van der Waals surface area (Å²) in [6.07, 6.45) is 25.7. The van der Waals surface area contributed by atoms with E-state index in [4.69, 9.17) is 18.9 Å². The Bertz CT molecular complexity index is 944. The second-order valence-corrected chi connectivity index (χ2v) is 12.7. The smallest absolute Gasteiger partial charge is 0.306 e. The molecule has 282 valence electrons. The number of aliphatic hydroxyl groups is 4. The van der Waals surface area contributed by atoms with Crippen LogP contribution in [-0.4, -0.2) is 89.0 Å². The van der Waals surface area contributed by atoms with Crippen molar-refractivity contribution in [3.8, 4) is 0 Å². The summed E-state index contributed by atoms with van der Waals surface area (Å²) in [5.74, 6) is -0.907. The van der Waals surface area contributed by atoms with E-state index in [1.54, 1.807) is 0 Å². The maximum absolute atomic E-state index is 12.6. The van der Waals surface area contributed by atoms with E-state index in [2.05, 4.69) is 50.3 Å². The first-order valence-corrected chi connectivity index (χ1v) is 18.7. The van der Waals surface area contributed by atoms with Gasteiger partial charge < -0.3 is 39.4 Å². The lowest BCUT2D eigenvalue weighted by Gasteiger charge is -2.39. The van der Waals surface area contributed by atoms with E-state index in [-0.39, 0.29) is 26.1 Å². The molecule has 6 atom stereocenters. The molecule has 0 saturated carbocycles. The van der Waals surface area contributed by atoms with Gasteiger partial charge in [-0.3, -0.25) is 9.59 Å². The van der Waals surface area contributed by atoms with Gasteiger partial charge >= 0.3 is 11.9 Å². The fourth-order valence-corrected chi connectivity index (χ4v) is 5.26. The van der Waals surface area contributed by atoms with Crippen LogP contribution in [-0.2, 0) is 28.5 Å². The molecule has 4 N–H and O–H groups in total. The SMILES string of the molecule is CC/C=C\C/C=C\C/C=C\C/C=C\CCC(=O)OC(COC(=O)CCCCCCCCCCCCC)COC1OC(CO)C(O)C(O)C1O. The molecule has 0 aromatic carbocycles. The fourth-order valence-electron chi connectivity index (χ4n) is 5.26. The van der Waals surface area contributed by atoms with E-state index in [1.165, 1.54) is 44.9 Å². The molecule has 1 rings (SSSR count). The third kappa shape index (κ3) is 22.9. The van der Waals surface area contributed by atoms with Crippen molar-refractivity contribution in [2.45, 2.75) is 166 Å². The van der Waals surface area contributed by atoms with Crippen molar-refractivity contribution in [1.82, 2.24) is 0 Å². The number of allylic oxidation sites excluding steroid dienone is 8. The number of carbonyl (C=O) groups is 2. The van der Waals surface area contributed by atoms with E-state index >= 15 is 0 Å². The van der Waals surface area contributed by atoms with Crippen molar-refractivity contribution >= 4 is 11.9 Å². The Morgan fingerprint density at radius 2 is 1.20 bits per heavy atom. The topological polar surface area (TPSA) is 152 Å². The molecule has 0 spiro atoms. The Morgan fingerprint density at radius 3 is 1.78 bits per heavy atom. The van der Waals surface area contributed by atoms with Gasteiger partial charge in [0.05, 0.1) is 13.2 Å². The van der Waals surface area contributed by atoms with Gasteiger partial charge in [-0.2, -0.15) is 0 Å². The summed E-state index contributed by atoms with van der Waals surface area (Å²) in [7, 11) is 0. The van der Waals surface area contributed by atoms with Gasteiger partial charge in [-0.1, -0.05) is 127 Å². The number of carbonyl (C=O) groups excluding carboxylic acids is 2. The molecule has 1 saturated heterocycles. The number of hydrogen-bond acceptors (Lipinski definition) is 10. The Balaban J connectivity index is 2.48. The fraction of sp³-hybridized carbons (Fsp3) is 0.744. The molecule has 0 amide bonds. The lowest BCUT2D eigenvalue weighted by Crippen LogP contribution is -2.59. The van der Waals surface area contributed by atoms with Gasteiger partial charge in [0.2, 0.25) is 0 Å². The molecule has 1 aliphatic heterocycles. The quantitative estimate of drug-likeness (QED) is 0.0386. The predicted octanol–water partition coefficient (Wildman–Crippen LogP) is 6.54. The summed E-state index contributed by atoms with van der Waals surface area (Å²) < 4.78 is 21.9. The monoisotopic (exact) mass is 694 g/mol. The zero-order chi connectivity index (χ0) is 36.0. The highest BCUT2D eigenvalue weighted by Gasteiger charge is 2.44. The molecule has 10 heteroatoms. The summed E-state index contributed by atoms with van der Waals surface area (Å²) in [6.45, 7) is 3.19. The zero-order valence-corrected chi connectivity index (χ0v) is 30.2. The second kappa shape index (κ2) is 30.5. The molecule has 0 aromatic heterocycles. The number of hydrogen-bond donors (Lipinski definition) is 4. The van der Waals surface area contributed by atoms with Gasteiger partial charge in [-0.05, 0) is 38.5 Å². The summed E-state index contributed by atoms with van der Waals surface area (Å²) in [5, 5.41) is 39.8. The van der Waals surface area contributed by atoms with Crippen LogP contribution in [0.15, 0.2) is 48.6 Å². The van der Waals surface area contributed by atoms with Crippen LogP contribution in [0.4, 0.5) is 0 Å². The lowest BCUT2D eigenvalue weighted by molar-refractivity contribution is -0.305. The third-order valence-corrected chi connectivity index (χ3v) is 8.24. The van der Waals surface area contributed by atoms with E-state index in [9.17, 15) is 30.0 Å². The highest BCUT2D eigenvalue weighted by Crippen LogP contribution is 2.22. The Labute approximate surface area is 295 Å². The summed E-state index contributed by atoms with van der Waals surface area (Å²) in [4.78, 5) is 25.1. The number of aliphatic hydroxyl groups excluding tert-OH is 4. The van der Waals surface area contributed by atoms with E-state index < -0.39 is 55.4 Å². The normalized spacial score (nSPS) is 22.1. The first-order valence-electron chi connectivity index (χ1n) is 18.7. The van der Waals surface area contributed by atoms with Crippen molar-refractivity contribution in [1.29, 1.82) is 0 Å². The van der Waals surface area contributed by atoms with Crippen LogP contribution in [0.2, 0.25) is 0 Å². The maximum Gasteiger partial charge on any atom is 0.306 e. The Hall–Kier alpha value is -2.34. The standard InChI is InChI=1S/C39H66O10/c1-3-5-7-9-11-13-15-16-18-20-22-24-26-28-35(42)48-32(31-47-39-38(45)37(44)36(43)33(29-40)49-39)30-46-34(41)27-25-23-21-19-17-14-12-10-8-6-4-2/h5,7,11,13,16,18,22,24,32-33,36-40,43-45H,3-4,6,8-10,12,14-15,17,19-21,23,25-31H2,1-2H3/b7-5-,13-11-,18-16-,24-22-. The van der Waals surface area contributed by atoms with Crippen molar-refractivity contribution < 1.29 is 49.0 Å². The first-order chi connectivity index (χ1) is 23.8. The van der Waals surface area contributed by atoms with Crippen molar-refractivity contribution in [3.05, 3.63) is 48.6 Å². The number of unbranched alkanes of at least 4 members (excludes halogenated alkanes) is 10. The summed E-state index contributed by atoms with van der Waals surface area (Å²) in [5.41, 5.74) is 0. The first kappa shape index (κ1) is 44.7. The molecule has 0 aliphatic carbocycles. The van der Waals surface area contributed by atoms with Gasteiger partial charge in [-0.15, -0.1) is 0 Å². The highest BCUT2D eigenvalue weighted by molar-refractivity contribution is 5.70. The summed E-state index contributed by atoms with van der Waals surface area (Å²) in [6, 6.07) is 0. The van der Waals surface area contributed by atoms with Gasteiger partial charge in [-0.25, -0.2) is 0 Å². The predicted molar refractivity (Wildman–Crippen MR) is 192 cm³/mol. The molecule has 10 nitrogen and oxygen atoms in total. The van der Waals surface area contributed by atoms with Crippen LogP contribution in [0.3, 0.4) is 0 Å². The Morgan fingerprint density at radius 1 is 0.653 bits per heavy atom. The van der Waals surface area contributed by atoms with Crippen LogP contribution in [0.1, 0.15) is 129 Å². The Kier molecular flexibility index (Phi) is 27.8. The van der Waals surface area contributed by atoms with Crippen LogP contribution in [0.25, 0.3) is 0 Å². The van der Waals surface area contributed by atoms with Crippen LogP contribution >= 0.6 is 0 Å². The average Bonchev–Trinajstić information content (AvgIpc) is 3.10. The summed E-state index contributed by atoms with van der Waals surface area (Å²) >= 11 is 0. The minimum absolute atomic E-state index is 0.109. The molecule has 0 aromatic rings. The van der Waals surface area contributed by atoms with Gasteiger partial charge in [0.25, 0.3) is 0 Å². The minimum Gasteiger partial charge on any atom is -0.462 e. The maximum atomic E-state index is 12.6. The molecule has 1 fully saturated rings. The van der Waals surface area contributed by atoms with E-state index in [0.29, 0.717) is 6.42 Å². The molecular formula is C39H66O10. The van der Waals surface area contributed by atoms with E-state index in [1.807, 2.05) is 12.2 Å². The molecule has 0 bridgehead atoms. The second-order valence-electron chi connectivity index (χ2n) is 12.7. The molecule has 1 aliphatic rings. The molecule has 1 heterocycles. The van der Waals surface area contributed by atoms with Crippen molar-refractivity contribution in [2.24, 2.45) is 0 Å². The number of rotatable bonds is 29. The van der Waals surface area contributed by atoms with Crippen molar-refractivity contribution in [2.75, 3.05) is 19.8 Å². The van der Waals surface area contributed by atoms with Crippen LogP contribution in [0, 0.1) is 0 Å². The van der Waals surface area contributed by atoms with Gasteiger partial charge in [0, 0.05) is 12.8 Å². The number of esters is 2. The van der Waals surface area contributed by atoms with Gasteiger partial charge in [0.15, 0.2) is 12.4 Å². The third-order valence-electron chi connectivity index (χ3n) is 8.24. The van der Waals surface area contributed by atoms with Crippen LogP contribution in [0.5, 0.6) is 0 Å². The van der Waals surface area contributed by atoms with Gasteiger partial charge in [0.1, 0.15) is 31.0 Å². The zero-order valence-electron chi connectivity index (χ0n) is 30.2. The lowest BCUT2D eigenvalue weighted by atomic mass is 9.99. The van der Waals surface area contributed by atoms with E-state index in [0.717, 1.165) is 51.4 Å². The number of ether oxygens (including phenoxy) is 4. The average molecular weight is 695 g/mol. The molecule has 49 heavy (non-hydrogen) atoms. The van der Waals surface area contributed by atoms with Crippen molar-refractivity contribution in [3.63, 3.8) is 0 Å². The molecule has 0 radical (unpaired) electrons. The molecule has 6 unspecified atom stereocenters. The van der Waals surface area contributed by atoms with Crippen LogP contribution < -0.4 is 0 Å². The minimum atomic E-state index is -1.61. The largest absolute Gasteiger partial charge is 0.462 e. The molecular weight excluding hydrogens is 628 g/mol.